The number of hydrogen-bond donors (Lipinski definition) is 1. The fourth-order valence-electron chi connectivity index (χ4n) is 3.49. The Bertz CT molecular complexity index is 1160. The van der Waals surface area contributed by atoms with Gasteiger partial charge in [0.15, 0.2) is 9.84 Å². The lowest BCUT2D eigenvalue weighted by atomic mass is 10.0. The van der Waals surface area contributed by atoms with Crippen molar-refractivity contribution in [2.24, 2.45) is 0 Å². The summed E-state index contributed by atoms with van der Waals surface area (Å²) in [4.78, 5) is 12.8. The zero-order valence-corrected chi connectivity index (χ0v) is 20.9. The van der Waals surface area contributed by atoms with Crippen LogP contribution in [0.1, 0.15) is 48.9 Å². The molecule has 2 rings (SSSR count). The van der Waals surface area contributed by atoms with Crippen molar-refractivity contribution in [3.63, 3.8) is 0 Å². The van der Waals surface area contributed by atoms with Crippen molar-refractivity contribution in [2.45, 2.75) is 51.0 Å². The number of nitrogens with one attached hydrogen (secondary N) is 1. The van der Waals surface area contributed by atoms with Crippen LogP contribution in [0, 0.1) is 13.8 Å². The largest absolute Gasteiger partial charge is 0.349 e. The molecule has 9 heteroatoms. The van der Waals surface area contributed by atoms with Crippen LogP contribution in [0.3, 0.4) is 0 Å². The maximum atomic E-state index is 12.5. The zero-order chi connectivity index (χ0) is 24.1. The predicted octanol–water partition coefficient (Wildman–Crippen LogP) is 3.52. The van der Waals surface area contributed by atoms with Crippen LogP contribution in [0.4, 0.5) is 5.69 Å². The van der Waals surface area contributed by atoms with E-state index in [-0.39, 0.29) is 29.8 Å². The smallest absolute Gasteiger partial charge is 0.232 e. The molecule has 2 aromatic rings. The van der Waals surface area contributed by atoms with Gasteiger partial charge in [-0.15, -0.1) is 0 Å². The van der Waals surface area contributed by atoms with Gasteiger partial charge in [-0.05, 0) is 61.6 Å². The molecule has 7 nitrogen and oxygen atoms in total. The summed E-state index contributed by atoms with van der Waals surface area (Å²) in [6.07, 6.45) is 3.51. The lowest BCUT2D eigenvalue weighted by molar-refractivity contribution is -0.121. The number of hydrogen-bond acceptors (Lipinski definition) is 5. The van der Waals surface area contributed by atoms with Gasteiger partial charge in [0.1, 0.15) is 0 Å². The normalized spacial score (nSPS) is 12.9. The molecule has 1 N–H and O–H groups in total. The van der Waals surface area contributed by atoms with E-state index in [4.69, 9.17) is 0 Å². The molecule has 0 saturated heterocycles. The molecule has 0 aliphatic carbocycles. The highest BCUT2D eigenvalue weighted by Gasteiger charge is 2.20. The number of benzene rings is 2. The minimum atomic E-state index is -3.49. The summed E-state index contributed by atoms with van der Waals surface area (Å²) in [6.45, 7) is 5.95. The first kappa shape index (κ1) is 25.9. The molecule has 0 heterocycles. The number of rotatable bonds is 10. The third kappa shape index (κ3) is 6.80. The van der Waals surface area contributed by atoms with Gasteiger partial charge < -0.3 is 5.32 Å². The molecule has 0 saturated carbocycles. The molecular weight excluding hydrogens is 448 g/mol. The van der Waals surface area contributed by atoms with E-state index in [9.17, 15) is 21.6 Å². The molecule has 0 bridgehead atoms. The quantitative estimate of drug-likeness (QED) is 0.561. The number of amides is 1. The van der Waals surface area contributed by atoms with Gasteiger partial charge in [0.05, 0.1) is 22.9 Å². The molecule has 1 amide bonds. The monoisotopic (exact) mass is 480 g/mol. The molecule has 0 spiro atoms. The van der Waals surface area contributed by atoms with E-state index < -0.39 is 19.9 Å². The molecule has 0 aromatic heterocycles. The SMILES string of the molecule is CCC(NC(=O)CCCN(c1cccc(C)c1C)S(C)(=O)=O)c1ccc(S(C)(=O)=O)cc1. The highest BCUT2D eigenvalue weighted by Crippen LogP contribution is 2.25. The minimum Gasteiger partial charge on any atom is -0.349 e. The van der Waals surface area contributed by atoms with Gasteiger partial charge >= 0.3 is 0 Å². The second-order valence-electron chi connectivity index (χ2n) is 8.03. The van der Waals surface area contributed by atoms with Gasteiger partial charge in [-0.3, -0.25) is 9.10 Å². The van der Waals surface area contributed by atoms with Crippen LogP contribution in [0.5, 0.6) is 0 Å². The first-order valence-corrected chi connectivity index (χ1v) is 14.2. The first-order chi connectivity index (χ1) is 14.8. The Hall–Kier alpha value is -2.39. The van der Waals surface area contributed by atoms with Gasteiger partial charge in [-0.1, -0.05) is 31.2 Å². The van der Waals surface area contributed by atoms with E-state index in [1.165, 1.54) is 22.7 Å². The van der Waals surface area contributed by atoms with Crippen molar-refractivity contribution in [3.8, 4) is 0 Å². The average molecular weight is 481 g/mol. The number of sulfone groups is 1. The highest BCUT2D eigenvalue weighted by molar-refractivity contribution is 7.92. The molecule has 0 aliphatic rings. The Morgan fingerprint density at radius 2 is 1.62 bits per heavy atom. The molecule has 176 valence electrons. The van der Waals surface area contributed by atoms with E-state index in [1.807, 2.05) is 32.9 Å². The van der Waals surface area contributed by atoms with Crippen molar-refractivity contribution >= 4 is 31.5 Å². The van der Waals surface area contributed by atoms with Crippen LogP contribution in [-0.2, 0) is 24.7 Å². The van der Waals surface area contributed by atoms with Crippen molar-refractivity contribution in [2.75, 3.05) is 23.4 Å². The number of anilines is 1. The van der Waals surface area contributed by atoms with E-state index in [0.29, 0.717) is 18.5 Å². The molecule has 0 fully saturated rings. The van der Waals surface area contributed by atoms with Gasteiger partial charge in [0.25, 0.3) is 0 Å². The number of nitrogens with zero attached hydrogens (tertiary/aromatic N) is 1. The van der Waals surface area contributed by atoms with Crippen LogP contribution in [0.15, 0.2) is 47.4 Å². The molecule has 0 radical (unpaired) electrons. The van der Waals surface area contributed by atoms with E-state index >= 15 is 0 Å². The summed E-state index contributed by atoms with van der Waals surface area (Å²) >= 11 is 0. The predicted molar refractivity (Wildman–Crippen MR) is 128 cm³/mol. The Morgan fingerprint density at radius 3 is 2.16 bits per heavy atom. The summed E-state index contributed by atoms with van der Waals surface area (Å²) in [5.41, 5.74) is 3.35. The van der Waals surface area contributed by atoms with Gasteiger partial charge in [0.2, 0.25) is 15.9 Å². The second kappa shape index (κ2) is 10.5. The fraction of sp³-hybridized carbons (Fsp3) is 0.435. The van der Waals surface area contributed by atoms with Crippen molar-refractivity contribution in [1.82, 2.24) is 5.32 Å². The molecule has 1 atom stereocenters. The summed E-state index contributed by atoms with van der Waals surface area (Å²) in [5.74, 6) is -0.182. The summed E-state index contributed by atoms with van der Waals surface area (Å²) in [5, 5.41) is 2.96. The Kier molecular flexibility index (Phi) is 8.47. The maximum Gasteiger partial charge on any atom is 0.232 e. The Morgan fingerprint density at radius 1 is 1.00 bits per heavy atom. The standard InChI is InChI=1S/C23H32N2O5S2/c1-6-21(19-12-14-20(15-13-19)31(4,27)28)24-23(26)11-8-16-25(32(5,29)30)22-10-7-9-17(2)18(22)3/h7,9-10,12-15,21H,6,8,11,16H2,1-5H3,(H,24,26). The Labute approximate surface area is 191 Å². The number of sulfonamides is 1. The zero-order valence-electron chi connectivity index (χ0n) is 19.3. The molecule has 2 aromatic carbocycles. The van der Waals surface area contributed by atoms with E-state index in [1.54, 1.807) is 18.2 Å². The van der Waals surface area contributed by atoms with Crippen LogP contribution >= 0.6 is 0 Å². The van der Waals surface area contributed by atoms with E-state index in [0.717, 1.165) is 22.9 Å². The van der Waals surface area contributed by atoms with Gasteiger partial charge in [-0.25, -0.2) is 16.8 Å². The average Bonchev–Trinajstić information content (AvgIpc) is 2.70. The van der Waals surface area contributed by atoms with Crippen LogP contribution < -0.4 is 9.62 Å². The molecule has 1 unspecified atom stereocenters. The highest BCUT2D eigenvalue weighted by atomic mass is 32.2. The van der Waals surface area contributed by atoms with Crippen molar-refractivity contribution in [1.29, 1.82) is 0 Å². The van der Waals surface area contributed by atoms with Gasteiger partial charge in [-0.2, -0.15) is 0 Å². The maximum absolute atomic E-state index is 12.5. The first-order valence-electron chi connectivity index (χ1n) is 10.5. The minimum absolute atomic E-state index is 0.175. The third-order valence-electron chi connectivity index (χ3n) is 5.46. The Balaban J connectivity index is 2.03. The summed E-state index contributed by atoms with van der Waals surface area (Å²) in [6, 6.07) is 11.8. The lowest BCUT2D eigenvalue weighted by Crippen LogP contribution is -2.33. The number of carbonyl (C=O) groups is 1. The van der Waals surface area contributed by atoms with Crippen LogP contribution in [-0.4, -0.2) is 41.8 Å². The fourth-order valence-corrected chi connectivity index (χ4v) is 5.14. The third-order valence-corrected chi connectivity index (χ3v) is 7.77. The molecule has 32 heavy (non-hydrogen) atoms. The van der Waals surface area contributed by atoms with Gasteiger partial charge in [0, 0.05) is 19.2 Å². The second-order valence-corrected chi connectivity index (χ2v) is 11.9. The van der Waals surface area contributed by atoms with E-state index in [2.05, 4.69) is 5.32 Å². The summed E-state index contributed by atoms with van der Waals surface area (Å²) < 4.78 is 49.3. The lowest BCUT2D eigenvalue weighted by Gasteiger charge is -2.25. The molecule has 0 aliphatic heterocycles. The van der Waals surface area contributed by atoms with Crippen molar-refractivity contribution < 1.29 is 21.6 Å². The molecular formula is C23H32N2O5S2. The van der Waals surface area contributed by atoms with Crippen LogP contribution in [0.2, 0.25) is 0 Å². The van der Waals surface area contributed by atoms with Crippen LogP contribution in [0.25, 0.3) is 0 Å². The number of aryl methyl sites for hydroxylation is 1. The topological polar surface area (TPSA) is 101 Å². The van der Waals surface area contributed by atoms with Crippen molar-refractivity contribution in [3.05, 3.63) is 59.2 Å². The summed E-state index contributed by atoms with van der Waals surface area (Å²) in [7, 11) is -6.77. The number of carbonyl (C=O) groups excluding carboxylic acids is 1.